The van der Waals surface area contributed by atoms with Crippen molar-refractivity contribution in [2.24, 2.45) is 5.92 Å². The summed E-state index contributed by atoms with van der Waals surface area (Å²) in [6, 6.07) is 11.9. The van der Waals surface area contributed by atoms with Gasteiger partial charge in [0.15, 0.2) is 0 Å². The molecule has 0 aliphatic heterocycles. The molecule has 0 aliphatic rings. The molecule has 1 radical (unpaired) electrons. The zero-order chi connectivity index (χ0) is 21.5. The van der Waals surface area contributed by atoms with Crippen molar-refractivity contribution >= 4 is 0 Å². The summed E-state index contributed by atoms with van der Waals surface area (Å²) in [5.41, 5.74) is 1.52. The quantitative estimate of drug-likeness (QED) is 0.166. The van der Waals surface area contributed by atoms with E-state index in [0.29, 0.717) is 0 Å². The van der Waals surface area contributed by atoms with Gasteiger partial charge in [0.25, 0.3) is 0 Å². The first kappa shape index (κ1) is 27.3. The fourth-order valence-corrected chi connectivity index (χ4v) is 4.73. The van der Waals surface area contributed by atoms with Crippen LogP contribution in [-0.4, -0.2) is 0 Å². The molecule has 173 valence electrons. The van der Waals surface area contributed by atoms with Crippen LogP contribution in [0.1, 0.15) is 148 Å². The molecule has 1 unspecified atom stereocenters. The Balaban J connectivity index is 2.13. The molecule has 0 aromatic heterocycles. The van der Waals surface area contributed by atoms with Gasteiger partial charge in [-0.05, 0) is 24.0 Å². The molecule has 0 nitrogen and oxygen atoms in total. The third-order valence-corrected chi connectivity index (χ3v) is 6.74. The van der Waals surface area contributed by atoms with Gasteiger partial charge < -0.3 is 0 Å². The van der Waals surface area contributed by atoms with Gasteiger partial charge in [0, 0.05) is 0 Å². The van der Waals surface area contributed by atoms with Crippen LogP contribution in [0.4, 0.5) is 0 Å². The highest BCUT2D eigenvalue weighted by atomic mass is 14.2. The first-order chi connectivity index (χ1) is 14.9. The average molecular weight is 414 g/mol. The monoisotopic (exact) mass is 413 g/mol. The maximum Gasteiger partial charge on any atom is -0.0184 e. The lowest BCUT2D eigenvalue weighted by atomic mass is 9.88. The lowest BCUT2D eigenvalue weighted by Crippen LogP contribution is -2.05. The van der Waals surface area contributed by atoms with Crippen LogP contribution in [0.5, 0.6) is 0 Å². The molecule has 30 heavy (non-hydrogen) atoms. The maximum absolute atomic E-state index is 3.17. The van der Waals surface area contributed by atoms with Crippen molar-refractivity contribution in [2.45, 2.75) is 149 Å². The number of hydrogen-bond donors (Lipinski definition) is 0. The summed E-state index contributed by atoms with van der Waals surface area (Å²) in [4.78, 5) is 0. The van der Waals surface area contributed by atoms with Crippen LogP contribution in [0, 0.1) is 12.0 Å². The minimum absolute atomic E-state index is 0.890. The van der Waals surface area contributed by atoms with Crippen LogP contribution in [0.2, 0.25) is 0 Å². The molecule has 0 heteroatoms. The predicted molar refractivity (Wildman–Crippen MR) is 136 cm³/mol. The second-order valence-corrected chi connectivity index (χ2v) is 9.71. The van der Waals surface area contributed by atoms with Gasteiger partial charge >= 0.3 is 0 Å². The number of hydrogen-bond acceptors (Lipinski definition) is 0. The van der Waals surface area contributed by atoms with Crippen LogP contribution in [0.3, 0.4) is 0 Å². The SMILES string of the molecule is CCCCCCCCCCCCC(CCCCCCCCCC)Cc1cc[c]cc1. The number of benzene rings is 1. The normalized spacial score (nSPS) is 12.3. The standard InChI is InChI=1S/C30H53/c1-3-5-7-9-11-13-14-16-18-21-25-29(28-30-26-22-19-23-27-30)24-20-17-15-12-10-8-6-4-2/h22-23,26-27,29H,3-18,20-21,24-25,28H2,1-2H3. The van der Waals surface area contributed by atoms with Gasteiger partial charge in [0.2, 0.25) is 0 Å². The molecule has 0 saturated heterocycles. The Morgan fingerprint density at radius 3 is 1.30 bits per heavy atom. The van der Waals surface area contributed by atoms with Crippen molar-refractivity contribution in [3.63, 3.8) is 0 Å². The lowest BCUT2D eigenvalue weighted by Gasteiger charge is -2.17. The van der Waals surface area contributed by atoms with Crippen LogP contribution in [-0.2, 0) is 6.42 Å². The van der Waals surface area contributed by atoms with Crippen LogP contribution in [0.15, 0.2) is 24.3 Å². The largest absolute Gasteiger partial charge is 0.0654 e. The molecule has 0 amide bonds. The van der Waals surface area contributed by atoms with Gasteiger partial charge in [-0.25, -0.2) is 0 Å². The Morgan fingerprint density at radius 2 is 0.900 bits per heavy atom. The second-order valence-electron chi connectivity index (χ2n) is 9.71. The molecule has 1 aromatic rings. The fraction of sp³-hybridized carbons (Fsp3) is 0.800. The van der Waals surface area contributed by atoms with E-state index in [1.54, 1.807) is 0 Å². The zero-order valence-corrected chi connectivity index (χ0v) is 20.7. The minimum Gasteiger partial charge on any atom is -0.0654 e. The van der Waals surface area contributed by atoms with Crippen molar-refractivity contribution in [1.82, 2.24) is 0 Å². The average Bonchev–Trinajstić information content (AvgIpc) is 2.77. The molecule has 1 aromatic carbocycles. The van der Waals surface area contributed by atoms with Crippen LogP contribution < -0.4 is 0 Å². The number of rotatable bonds is 22. The summed E-state index contributed by atoms with van der Waals surface area (Å²) >= 11 is 0. The van der Waals surface area contributed by atoms with Crippen molar-refractivity contribution in [3.05, 3.63) is 35.9 Å². The summed E-state index contributed by atoms with van der Waals surface area (Å²) in [7, 11) is 0. The molecule has 1 atom stereocenters. The van der Waals surface area contributed by atoms with E-state index in [-0.39, 0.29) is 0 Å². The fourth-order valence-electron chi connectivity index (χ4n) is 4.73. The molecule has 0 aliphatic carbocycles. The number of unbranched alkanes of at least 4 members (excludes halogenated alkanes) is 16. The molecule has 1 rings (SSSR count). The first-order valence-corrected chi connectivity index (χ1v) is 13.8. The summed E-state index contributed by atoms with van der Waals surface area (Å²) in [5.74, 6) is 0.890. The molecule has 0 N–H and O–H groups in total. The van der Waals surface area contributed by atoms with Gasteiger partial charge in [-0.3, -0.25) is 0 Å². The van der Waals surface area contributed by atoms with Crippen molar-refractivity contribution in [2.75, 3.05) is 0 Å². The molecule has 0 spiro atoms. The Hall–Kier alpha value is -0.780. The highest BCUT2D eigenvalue weighted by molar-refractivity contribution is 5.14. The van der Waals surface area contributed by atoms with Crippen molar-refractivity contribution < 1.29 is 0 Å². The van der Waals surface area contributed by atoms with Gasteiger partial charge in [-0.2, -0.15) is 0 Å². The Morgan fingerprint density at radius 1 is 0.533 bits per heavy atom. The van der Waals surface area contributed by atoms with E-state index in [1.165, 1.54) is 140 Å². The maximum atomic E-state index is 3.17. The Labute approximate surface area is 190 Å². The van der Waals surface area contributed by atoms with Crippen molar-refractivity contribution in [3.8, 4) is 0 Å². The van der Waals surface area contributed by atoms with Gasteiger partial charge in [-0.15, -0.1) is 0 Å². The summed E-state index contributed by atoms with van der Waals surface area (Å²) in [6.45, 7) is 4.61. The Bertz CT molecular complexity index is 435. The van der Waals surface area contributed by atoms with Gasteiger partial charge in [0.1, 0.15) is 0 Å². The van der Waals surface area contributed by atoms with Crippen molar-refractivity contribution in [1.29, 1.82) is 0 Å². The molecule has 0 bridgehead atoms. The summed E-state index contributed by atoms with van der Waals surface area (Å²) < 4.78 is 0. The van der Waals surface area contributed by atoms with Gasteiger partial charge in [-0.1, -0.05) is 167 Å². The van der Waals surface area contributed by atoms with E-state index in [9.17, 15) is 0 Å². The molecule has 0 saturated carbocycles. The molecular formula is C30H53. The van der Waals surface area contributed by atoms with E-state index in [2.05, 4.69) is 44.2 Å². The first-order valence-electron chi connectivity index (χ1n) is 13.8. The Kier molecular flexibility index (Phi) is 19.5. The van der Waals surface area contributed by atoms with Gasteiger partial charge in [0.05, 0.1) is 0 Å². The van der Waals surface area contributed by atoms with E-state index in [0.717, 1.165) is 5.92 Å². The third-order valence-electron chi connectivity index (χ3n) is 6.74. The molecular weight excluding hydrogens is 360 g/mol. The predicted octanol–water partition coefficient (Wildman–Crippen LogP) is 10.5. The van der Waals surface area contributed by atoms with E-state index in [4.69, 9.17) is 0 Å². The smallest absolute Gasteiger partial charge is 0.0184 e. The van der Waals surface area contributed by atoms with E-state index >= 15 is 0 Å². The highest BCUT2D eigenvalue weighted by Crippen LogP contribution is 2.23. The molecule has 0 fully saturated rings. The zero-order valence-electron chi connectivity index (χ0n) is 20.7. The van der Waals surface area contributed by atoms with E-state index in [1.807, 2.05) is 0 Å². The van der Waals surface area contributed by atoms with Crippen LogP contribution >= 0.6 is 0 Å². The summed E-state index contributed by atoms with van der Waals surface area (Å²) in [6.07, 6.45) is 30.1. The summed E-state index contributed by atoms with van der Waals surface area (Å²) in [5, 5.41) is 0. The van der Waals surface area contributed by atoms with E-state index < -0.39 is 0 Å². The van der Waals surface area contributed by atoms with Crippen LogP contribution in [0.25, 0.3) is 0 Å². The minimum atomic E-state index is 0.890. The second kappa shape index (κ2) is 21.5. The lowest BCUT2D eigenvalue weighted by molar-refractivity contribution is 0.400. The third kappa shape index (κ3) is 17.0. The topological polar surface area (TPSA) is 0 Å². The highest BCUT2D eigenvalue weighted by Gasteiger charge is 2.10. The molecule has 0 heterocycles.